The molecule has 0 fully saturated rings. The predicted molar refractivity (Wildman–Crippen MR) is 105 cm³/mol. The number of halogens is 1. The lowest BCUT2D eigenvalue weighted by Gasteiger charge is -2.19. The van der Waals surface area contributed by atoms with Gasteiger partial charge in [0.25, 0.3) is 5.56 Å². The number of carbonyl (C=O) groups is 1. The molecule has 0 spiro atoms. The van der Waals surface area contributed by atoms with E-state index in [4.69, 9.17) is 16.3 Å². The van der Waals surface area contributed by atoms with Crippen molar-refractivity contribution in [2.45, 2.75) is 12.5 Å². The van der Waals surface area contributed by atoms with Crippen LogP contribution in [0, 0.1) is 0 Å². The number of methoxy groups -OCH3 is 1. The molecule has 0 aliphatic heterocycles. The molecule has 140 valence electrons. The van der Waals surface area contributed by atoms with E-state index in [0.717, 1.165) is 5.56 Å². The molecule has 6 nitrogen and oxygen atoms in total. The Bertz CT molecular complexity index is 1020. The minimum Gasteiger partial charge on any atom is -0.382 e. The number of aryl methyl sites for hydroxylation is 1. The van der Waals surface area contributed by atoms with Gasteiger partial charge >= 0.3 is 0 Å². The van der Waals surface area contributed by atoms with Gasteiger partial charge in [-0.25, -0.2) is 4.68 Å². The van der Waals surface area contributed by atoms with E-state index in [9.17, 15) is 9.59 Å². The molecule has 1 atom stereocenters. The number of carbonyl (C=O) groups excluding carboxylic acids is 1. The van der Waals surface area contributed by atoms with Crippen molar-refractivity contribution in [1.29, 1.82) is 0 Å². The molecule has 1 unspecified atom stereocenters. The number of hydrogen-bond acceptors (Lipinski definition) is 4. The standard InChI is InChI=1S/C20H20ClN3O3/c1-24-20(26)16-6-4-3-5-15(16)17(23-24)11-19(25)22-18(12-27-2)13-7-9-14(21)10-8-13/h3-10,18H,11-12H2,1-2H3,(H,22,25). The summed E-state index contributed by atoms with van der Waals surface area (Å²) in [6.45, 7) is 0.328. The predicted octanol–water partition coefficient (Wildman–Crippen LogP) is 2.63. The van der Waals surface area contributed by atoms with Crippen LogP contribution in [0.15, 0.2) is 53.3 Å². The largest absolute Gasteiger partial charge is 0.382 e. The van der Waals surface area contributed by atoms with Gasteiger partial charge in [0.15, 0.2) is 0 Å². The molecular formula is C20H20ClN3O3. The third-order valence-electron chi connectivity index (χ3n) is 4.30. The molecule has 1 heterocycles. The first-order valence-electron chi connectivity index (χ1n) is 8.48. The topological polar surface area (TPSA) is 73.2 Å². The molecule has 2 aromatic carbocycles. The third kappa shape index (κ3) is 4.35. The SMILES string of the molecule is COCC(NC(=O)Cc1nn(C)c(=O)c2ccccc12)c1ccc(Cl)cc1. The summed E-state index contributed by atoms with van der Waals surface area (Å²) in [7, 11) is 3.16. The zero-order valence-corrected chi connectivity index (χ0v) is 15.9. The molecule has 7 heteroatoms. The van der Waals surface area contributed by atoms with Gasteiger partial charge in [0, 0.05) is 24.6 Å². The van der Waals surface area contributed by atoms with Gasteiger partial charge < -0.3 is 10.1 Å². The summed E-state index contributed by atoms with van der Waals surface area (Å²) in [6.07, 6.45) is 0.0580. The highest BCUT2D eigenvalue weighted by atomic mass is 35.5. The number of fused-ring (bicyclic) bond motifs is 1. The van der Waals surface area contributed by atoms with Crippen molar-refractivity contribution in [3.05, 3.63) is 75.2 Å². The van der Waals surface area contributed by atoms with Gasteiger partial charge in [-0.3, -0.25) is 9.59 Å². The normalized spacial score (nSPS) is 12.1. The maximum atomic E-state index is 12.7. The van der Waals surface area contributed by atoms with Crippen molar-refractivity contribution in [3.8, 4) is 0 Å². The van der Waals surface area contributed by atoms with Crippen LogP contribution in [0.5, 0.6) is 0 Å². The smallest absolute Gasteiger partial charge is 0.274 e. The summed E-state index contributed by atoms with van der Waals surface area (Å²) in [5.41, 5.74) is 1.26. The number of nitrogens with zero attached hydrogens (tertiary/aromatic N) is 2. The van der Waals surface area contributed by atoms with Crippen LogP contribution in [-0.2, 0) is 23.0 Å². The Morgan fingerprint density at radius 3 is 2.52 bits per heavy atom. The fraction of sp³-hybridized carbons (Fsp3) is 0.250. The van der Waals surface area contributed by atoms with E-state index in [1.165, 1.54) is 4.68 Å². The lowest BCUT2D eigenvalue weighted by molar-refractivity contribution is -0.121. The van der Waals surface area contributed by atoms with Crippen molar-refractivity contribution in [1.82, 2.24) is 15.1 Å². The number of hydrogen-bond donors (Lipinski definition) is 1. The molecule has 3 rings (SSSR count). The minimum absolute atomic E-state index is 0.0580. The van der Waals surface area contributed by atoms with Crippen LogP contribution in [0.2, 0.25) is 5.02 Å². The Hall–Kier alpha value is -2.70. The van der Waals surface area contributed by atoms with Crippen LogP contribution in [0.4, 0.5) is 0 Å². The number of ether oxygens (including phenoxy) is 1. The summed E-state index contributed by atoms with van der Waals surface area (Å²) in [6, 6.07) is 14.1. The van der Waals surface area contributed by atoms with Crippen molar-refractivity contribution in [2.24, 2.45) is 7.05 Å². The highest BCUT2D eigenvalue weighted by Crippen LogP contribution is 2.18. The van der Waals surface area contributed by atoms with Gasteiger partial charge in [-0.05, 0) is 23.8 Å². The monoisotopic (exact) mass is 385 g/mol. The van der Waals surface area contributed by atoms with E-state index in [0.29, 0.717) is 28.1 Å². The lowest BCUT2D eigenvalue weighted by atomic mass is 10.1. The Morgan fingerprint density at radius 1 is 1.19 bits per heavy atom. The van der Waals surface area contributed by atoms with E-state index in [-0.39, 0.29) is 23.9 Å². The average Bonchev–Trinajstić information content (AvgIpc) is 2.66. The van der Waals surface area contributed by atoms with E-state index in [1.807, 2.05) is 18.2 Å². The molecule has 0 saturated carbocycles. The summed E-state index contributed by atoms with van der Waals surface area (Å²) < 4.78 is 6.50. The highest BCUT2D eigenvalue weighted by Gasteiger charge is 2.17. The van der Waals surface area contributed by atoms with Crippen LogP contribution >= 0.6 is 11.6 Å². The van der Waals surface area contributed by atoms with Gasteiger partial charge in [0.05, 0.1) is 30.1 Å². The molecule has 27 heavy (non-hydrogen) atoms. The number of aromatic nitrogens is 2. The van der Waals surface area contributed by atoms with Crippen LogP contribution in [0.3, 0.4) is 0 Å². The maximum Gasteiger partial charge on any atom is 0.274 e. The Balaban J connectivity index is 1.84. The highest BCUT2D eigenvalue weighted by molar-refractivity contribution is 6.30. The number of rotatable bonds is 6. The molecule has 1 aromatic heterocycles. The lowest BCUT2D eigenvalue weighted by Crippen LogP contribution is -2.33. The van der Waals surface area contributed by atoms with E-state index < -0.39 is 0 Å². The summed E-state index contributed by atoms with van der Waals surface area (Å²) in [5.74, 6) is -0.205. The summed E-state index contributed by atoms with van der Waals surface area (Å²) in [4.78, 5) is 24.9. The Labute approximate surface area is 161 Å². The average molecular weight is 386 g/mol. The molecule has 0 aliphatic rings. The van der Waals surface area contributed by atoms with Crippen LogP contribution < -0.4 is 10.9 Å². The quantitative estimate of drug-likeness (QED) is 0.708. The maximum absolute atomic E-state index is 12.7. The van der Waals surface area contributed by atoms with Gasteiger partial charge in [-0.15, -0.1) is 0 Å². The molecule has 0 bridgehead atoms. The number of nitrogens with one attached hydrogen (secondary N) is 1. The number of benzene rings is 2. The Morgan fingerprint density at radius 2 is 1.85 bits per heavy atom. The molecule has 1 N–H and O–H groups in total. The van der Waals surface area contributed by atoms with Crippen molar-refractivity contribution < 1.29 is 9.53 Å². The van der Waals surface area contributed by atoms with Gasteiger partial charge in [-0.2, -0.15) is 5.10 Å². The second-order valence-corrected chi connectivity index (χ2v) is 6.66. The van der Waals surface area contributed by atoms with E-state index >= 15 is 0 Å². The molecule has 0 saturated heterocycles. The van der Waals surface area contributed by atoms with E-state index in [2.05, 4.69) is 10.4 Å². The molecule has 0 aliphatic carbocycles. The molecular weight excluding hydrogens is 366 g/mol. The first-order valence-corrected chi connectivity index (χ1v) is 8.86. The molecule has 0 radical (unpaired) electrons. The summed E-state index contributed by atoms with van der Waals surface area (Å²) in [5, 5.41) is 9.10. The van der Waals surface area contributed by atoms with Crippen molar-refractivity contribution in [2.75, 3.05) is 13.7 Å². The van der Waals surface area contributed by atoms with Gasteiger partial charge in [-0.1, -0.05) is 41.9 Å². The molecule has 1 amide bonds. The first kappa shape index (κ1) is 19.1. The third-order valence-corrected chi connectivity index (χ3v) is 4.55. The van der Waals surface area contributed by atoms with E-state index in [1.54, 1.807) is 44.5 Å². The zero-order chi connectivity index (χ0) is 19.4. The van der Waals surface area contributed by atoms with Crippen LogP contribution in [0.25, 0.3) is 10.8 Å². The second kappa shape index (κ2) is 8.33. The summed E-state index contributed by atoms with van der Waals surface area (Å²) >= 11 is 5.93. The van der Waals surface area contributed by atoms with Crippen molar-refractivity contribution in [3.63, 3.8) is 0 Å². The minimum atomic E-state index is -0.307. The Kier molecular flexibility index (Phi) is 5.88. The van der Waals surface area contributed by atoms with Crippen molar-refractivity contribution >= 4 is 28.3 Å². The zero-order valence-electron chi connectivity index (χ0n) is 15.1. The fourth-order valence-corrected chi connectivity index (χ4v) is 3.11. The number of amides is 1. The van der Waals surface area contributed by atoms with Gasteiger partial charge in [0.2, 0.25) is 5.91 Å². The first-order chi connectivity index (χ1) is 13.0. The van der Waals surface area contributed by atoms with Crippen LogP contribution in [-0.4, -0.2) is 29.4 Å². The van der Waals surface area contributed by atoms with Crippen LogP contribution in [0.1, 0.15) is 17.3 Å². The molecule has 3 aromatic rings. The van der Waals surface area contributed by atoms with Gasteiger partial charge in [0.1, 0.15) is 0 Å². The second-order valence-electron chi connectivity index (χ2n) is 6.22. The fourth-order valence-electron chi connectivity index (χ4n) is 2.99.